The van der Waals surface area contributed by atoms with E-state index in [1.807, 2.05) is 36.9 Å². The number of fused-ring (bicyclic) bond motifs is 2. The van der Waals surface area contributed by atoms with Crippen molar-refractivity contribution in [1.29, 1.82) is 0 Å². The summed E-state index contributed by atoms with van der Waals surface area (Å²) < 4.78 is 29.0. The van der Waals surface area contributed by atoms with Crippen molar-refractivity contribution in [3.63, 3.8) is 0 Å². The van der Waals surface area contributed by atoms with Gasteiger partial charge < -0.3 is 29.4 Å². The van der Waals surface area contributed by atoms with E-state index in [0.717, 1.165) is 24.0 Å². The fourth-order valence-electron chi connectivity index (χ4n) is 5.90. The number of anilines is 2. The highest BCUT2D eigenvalue weighted by Gasteiger charge is 2.34. The molecule has 0 atom stereocenters. The van der Waals surface area contributed by atoms with Crippen LogP contribution in [0.15, 0.2) is 41.1 Å². The van der Waals surface area contributed by atoms with Gasteiger partial charge in [-0.25, -0.2) is 14.0 Å². The molecule has 2 N–H and O–H groups in total. The number of carbonyl (C=O) groups excluding carboxylic acids is 2. The first-order chi connectivity index (χ1) is 21.2. The Bertz CT molecular complexity index is 1750. The fourth-order valence-corrected chi connectivity index (χ4v) is 5.90. The van der Waals surface area contributed by atoms with Crippen molar-refractivity contribution in [3.8, 4) is 5.75 Å². The Morgan fingerprint density at radius 1 is 1.16 bits per heavy atom. The lowest BCUT2D eigenvalue weighted by molar-refractivity contribution is -0.108. The monoisotopic (exact) mass is 606 g/mol. The van der Waals surface area contributed by atoms with Gasteiger partial charge in [0.1, 0.15) is 17.0 Å². The molecule has 1 saturated carbocycles. The number of nitrogens with zero attached hydrogens (tertiary/aromatic N) is 3. The standard InChI is InChI=1S/C30H29FN4O7.C2H6/c1-16-23-25(34(19-5-6-19)14-22(27(23)37)29(38)39)28(41-2)26(24(16)31)33-9-7-17-3-4-20(11-18(17)8-10-33)35-13-21(12-32-15-36)42-30(35)40;1-2/h3-4,11-12,14-15,19H,5-10,13H2,1-2H3,(H,32,36)(H,38,39);1-2H3/b21-12-;. The number of halogens is 1. The lowest BCUT2D eigenvalue weighted by Crippen LogP contribution is -2.29. The van der Waals surface area contributed by atoms with Crippen molar-refractivity contribution in [3.05, 3.63) is 74.6 Å². The lowest BCUT2D eigenvalue weighted by Gasteiger charge is -2.28. The number of pyridine rings is 1. The number of aromatic nitrogens is 1. The van der Waals surface area contributed by atoms with Gasteiger partial charge in [-0.1, -0.05) is 19.9 Å². The molecule has 11 nitrogen and oxygen atoms in total. The number of hydrogen-bond donors (Lipinski definition) is 2. The van der Waals surface area contributed by atoms with Crippen LogP contribution in [0.4, 0.5) is 20.6 Å². The van der Waals surface area contributed by atoms with Gasteiger partial charge >= 0.3 is 12.1 Å². The number of cyclic esters (lactones) is 1. The highest BCUT2D eigenvalue weighted by molar-refractivity contribution is 5.99. The predicted octanol–water partition coefficient (Wildman–Crippen LogP) is 4.67. The summed E-state index contributed by atoms with van der Waals surface area (Å²) in [5.41, 5.74) is 2.34. The molecule has 12 heteroatoms. The number of benzene rings is 2. The van der Waals surface area contributed by atoms with Gasteiger partial charge in [0.15, 0.2) is 11.6 Å². The van der Waals surface area contributed by atoms with Crippen molar-refractivity contribution in [2.45, 2.75) is 52.5 Å². The first-order valence-electron chi connectivity index (χ1n) is 14.7. The van der Waals surface area contributed by atoms with Crippen molar-refractivity contribution < 1.29 is 33.4 Å². The van der Waals surface area contributed by atoms with E-state index in [1.165, 1.54) is 31.3 Å². The SMILES string of the molecule is CC.COc1c(N2CCc3ccc(N4C/C(=C/NC=O)OC4=O)cc3CC2)c(F)c(C)c2c(=O)c(C(=O)O)cn(C3CC3)c12. The first-order valence-corrected chi connectivity index (χ1v) is 14.7. The molecule has 6 rings (SSSR count). The predicted molar refractivity (Wildman–Crippen MR) is 163 cm³/mol. The van der Waals surface area contributed by atoms with E-state index in [9.17, 15) is 24.3 Å². The van der Waals surface area contributed by atoms with E-state index >= 15 is 4.39 Å². The van der Waals surface area contributed by atoms with Crippen LogP contribution in [0.2, 0.25) is 0 Å². The number of carboxylic acids is 1. The number of methoxy groups -OCH3 is 1. The van der Waals surface area contributed by atoms with Crippen molar-refractivity contribution >= 4 is 40.8 Å². The number of carboxylic acid groups (broad SMARTS) is 1. The summed E-state index contributed by atoms with van der Waals surface area (Å²) >= 11 is 0. The summed E-state index contributed by atoms with van der Waals surface area (Å²) in [5, 5.41) is 12.1. The summed E-state index contributed by atoms with van der Waals surface area (Å²) in [6.45, 7) is 6.59. The van der Waals surface area contributed by atoms with Crippen molar-refractivity contribution in [2.24, 2.45) is 0 Å². The summed E-state index contributed by atoms with van der Waals surface area (Å²) in [4.78, 5) is 51.5. The van der Waals surface area contributed by atoms with E-state index in [0.29, 0.717) is 49.3 Å². The molecule has 2 amide bonds. The van der Waals surface area contributed by atoms with Gasteiger partial charge in [-0.05, 0) is 55.9 Å². The van der Waals surface area contributed by atoms with Crippen LogP contribution in [-0.4, -0.2) is 54.9 Å². The van der Waals surface area contributed by atoms with Crippen LogP contribution in [0.3, 0.4) is 0 Å². The molecule has 0 radical (unpaired) electrons. The maximum absolute atomic E-state index is 16.2. The Morgan fingerprint density at radius 3 is 2.50 bits per heavy atom. The minimum Gasteiger partial charge on any atom is -0.492 e. The molecule has 1 aliphatic carbocycles. The Morgan fingerprint density at radius 2 is 1.86 bits per heavy atom. The molecule has 3 aromatic rings. The zero-order valence-electron chi connectivity index (χ0n) is 25.1. The zero-order chi connectivity index (χ0) is 31.7. The molecule has 2 fully saturated rings. The van der Waals surface area contributed by atoms with Gasteiger partial charge in [-0.2, -0.15) is 0 Å². The Labute approximate surface area is 253 Å². The van der Waals surface area contributed by atoms with Gasteiger partial charge in [0, 0.05) is 42.8 Å². The van der Waals surface area contributed by atoms with Gasteiger partial charge in [-0.3, -0.25) is 14.5 Å². The highest BCUT2D eigenvalue weighted by Crippen LogP contribution is 2.45. The van der Waals surface area contributed by atoms with Crippen LogP contribution < -0.4 is 25.3 Å². The molecule has 0 spiro atoms. The summed E-state index contributed by atoms with van der Waals surface area (Å²) in [6, 6.07) is 5.71. The molecule has 2 aliphatic heterocycles. The molecule has 0 bridgehead atoms. The van der Waals surface area contributed by atoms with Crippen LogP contribution >= 0.6 is 0 Å². The number of ether oxygens (including phenoxy) is 2. The van der Waals surface area contributed by atoms with Gasteiger partial charge in [0.2, 0.25) is 11.8 Å². The molecule has 0 unspecified atom stereocenters. The van der Waals surface area contributed by atoms with Gasteiger partial charge in [0.25, 0.3) is 0 Å². The number of rotatable bonds is 7. The molecule has 232 valence electrons. The summed E-state index contributed by atoms with van der Waals surface area (Å²) in [5.74, 6) is -1.43. The van der Waals surface area contributed by atoms with Crippen LogP contribution in [0, 0.1) is 12.7 Å². The second-order valence-corrected chi connectivity index (χ2v) is 10.6. The van der Waals surface area contributed by atoms with Crippen molar-refractivity contribution in [1.82, 2.24) is 9.88 Å². The number of hydrogen-bond acceptors (Lipinski definition) is 7. The van der Waals surface area contributed by atoms with Crippen LogP contribution in [-0.2, 0) is 22.4 Å². The highest BCUT2D eigenvalue weighted by atomic mass is 19.1. The molecule has 3 aliphatic rings. The minimum atomic E-state index is -1.35. The summed E-state index contributed by atoms with van der Waals surface area (Å²) in [6.07, 6.45) is 5.43. The van der Waals surface area contributed by atoms with E-state index in [1.54, 1.807) is 4.57 Å². The Hall–Kier alpha value is -4.87. The molecule has 1 saturated heterocycles. The van der Waals surface area contributed by atoms with Crippen LogP contribution in [0.5, 0.6) is 5.75 Å². The smallest absolute Gasteiger partial charge is 0.419 e. The van der Waals surface area contributed by atoms with Gasteiger partial charge in [0.05, 0.1) is 24.6 Å². The molecule has 44 heavy (non-hydrogen) atoms. The second-order valence-electron chi connectivity index (χ2n) is 10.6. The normalized spacial score (nSPS) is 17.0. The third kappa shape index (κ3) is 5.36. The zero-order valence-corrected chi connectivity index (χ0v) is 25.1. The average molecular weight is 607 g/mol. The van der Waals surface area contributed by atoms with E-state index in [2.05, 4.69) is 5.32 Å². The number of carbonyl (C=O) groups is 3. The molecular formula is C32H35FN4O7. The Kier molecular flexibility index (Phi) is 8.61. The second kappa shape index (κ2) is 12.4. The van der Waals surface area contributed by atoms with E-state index in [4.69, 9.17) is 9.47 Å². The van der Waals surface area contributed by atoms with Crippen molar-refractivity contribution in [2.75, 3.05) is 36.5 Å². The topological polar surface area (TPSA) is 130 Å². The molecular weight excluding hydrogens is 571 g/mol. The van der Waals surface area contributed by atoms with E-state index in [-0.39, 0.29) is 35.0 Å². The largest absolute Gasteiger partial charge is 0.492 e. The molecule has 2 aromatic carbocycles. The maximum Gasteiger partial charge on any atom is 0.419 e. The number of aryl methyl sites for hydroxylation is 1. The first kappa shape index (κ1) is 30.6. The minimum absolute atomic E-state index is 0.00600. The third-order valence-corrected chi connectivity index (χ3v) is 8.14. The maximum atomic E-state index is 16.2. The Balaban J connectivity index is 0.00000188. The van der Waals surface area contributed by atoms with E-state index < -0.39 is 28.9 Å². The number of amides is 2. The van der Waals surface area contributed by atoms with Crippen LogP contribution in [0.1, 0.15) is 59.8 Å². The molecule has 1 aromatic heterocycles. The quantitative estimate of drug-likeness (QED) is 0.372. The van der Waals surface area contributed by atoms with Gasteiger partial charge in [-0.15, -0.1) is 0 Å². The number of aromatic carboxylic acids is 1. The van der Waals surface area contributed by atoms with Crippen LogP contribution in [0.25, 0.3) is 10.9 Å². The fraction of sp³-hybridized carbons (Fsp3) is 0.375. The number of nitrogens with one attached hydrogen (secondary N) is 1. The molecule has 3 heterocycles. The lowest BCUT2D eigenvalue weighted by atomic mass is 10.0. The third-order valence-electron chi connectivity index (χ3n) is 8.14. The summed E-state index contributed by atoms with van der Waals surface area (Å²) in [7, 11) is 1.43. The average Bonchev–Trinajstić information content (AvgIpc) is 3.83.